The van der Waals surface area contributed by atoms with Gasteiger partial charge in [-0.15, -0.1) is 23.1 Å². The average Bonchev–Trinajstić information content (AvgIpc) is 2.73. The van der Waals surface area contributed by atoms with Crippen molar-refractivity contribution in [2.75, 3.05) is 11.1 Å². The van der Waals surface area contributed by atoms with Gasteiger partial charge < -0.3 is 5.32 Å². The quantitative estimate of drug-likeness (QED) is 0.508. The lowest BCUT2D eigenvalue weighted by molar-refractivity contribution is -0.105. The van der Waals surface area contributed by atoms with E-state index in [1.165, 1.54) is 0 Å². The molecule has 0 fully saturated rings. The van der Waals surface area contributed by atoms with E-state index in [-0.39, 0.29) is 0 Å². The van der Waals surface area contributed by atoms with Crippen molar-refractivity contribution in [3.05, 3.63) is 43.5 Å². The molecule has 1 aromatic carbocycles. The number of para-hydroxylation sites is 1. The van der Waals surface area contributed by atoms with Crippen LogP contribution in [-0.2, 0) is 6.54 Å². The number of nitrogens with one attached hydrogen (secondary N) is 1. The van der Waals surface area contributed by atoms with E-state index in [2.05, 4.69) is 37.2 Å². The molecule has 0 atom stereocenters. The van der Waals surface area contributed by atoms with E-state index >= 15 is 0 Å². The summed E-state index contributed by atoms with van der Waals surface area (Å²) in [6.45, 7) is 0.568. The molecule has 1 nitrogen and oxygen atoms in total. The van der Waals surface area contributed by atoms with Crippen LogP contribution in [0.4, 0.5) is 18.9 Å². The van der Waals surface area contributed by atoms with Crippen LogP contribution in [0.2, 0.25) is 0 Å². The van der Waals surface area contributed by atoms with Gasteiger partial charge in [0, 0.05) is 26.5 Å². The normalized spacial score (nSPS) is 11.7. The zero-order valence-corrected chi connectivity index (χ0v) is 15.3. The summed E-state index contributed by atoms with van der Waals surface area (Å²) in [5.41, 5.74) is 0.715. The van der Waals surface area contributed by atoms with Crippen molar-refractivity contribution in [3.63, 3.8) is 0 Å². The topological polar surface area (TPSA) is 12.0 Å². The van der Waals surface area contributed by atoms with Crippen molar-refractivity contribution < 1.29 is 13.2 Å². The molecule has 1 N–H and O–H groups in total. The molecule has 0 aliphatic carbocycles. The number of hydrogen-bond acceptors (Lipinski definition) is 3. The molecule has 0 aliphatic rings. The number of thiophene rings is 1. The molecular weight excluding hydrogens is 451 g/mol. The summed E-state index contributed by atoms with van der Waals surface area (Å²) in [6.07, 6.45) is -4.17. The lowest BCUT2D eigenvalue weighted by Gasteiger charge is -2.12. The summed E-state index contributed by atoms with van der Waals surface area (Å²) in [5.74, 6) is -0.887. The standard InChI is InChI=1S/C13H10Br2F3NS2/c14-9-5-8(21-12(9)15)6-19-10-3-1-2-4-11(10)20-7-13(16,17)18/h1-5,19H,6-7H2. The fourth-order valence-corrected chi connectivity index (χ4v) is 4.47. The van der Waals surface area contributed by atoms with Crippen molar-refractivity contribution in [1.29, 1.82) is 0 Å². The van der Waals surface area contributed by atoms with E-state index < -0.39 is 11.9 Å². The molecule has 114 valence electrons. The Bertz CT molecular complexity index is 594. The molecular formula is C13H10Br2F3NS2. The molecule has 0 saturated heterocycles. The maximum Gasteiger partial charge on any atom is 0.398 e. The number of thioether (sulfide) groups is 1. The number of benzene rings is 1. The van der Waals surface area contributed by atoms with Gasteiger partial charge in [-0.2, -0.15) is 13.2 Å². The molecule has 0 spiro atoms. The second-order valence-electron chi connectivity index (χ2n) is 4.09. The third-order valence-electron chi connectivity index (χ3n) is 2.43. The number of anilines is 1. The predicted octanol–water partition coefficient (Wildman–Crippen LogP) is 6.54. The van der Waals surface area contributed by atoms with E-state index in [1.54, 1.807) is 35.6 Å². The first-order chi connectivity index (χ1) is 9.85. The van der Waals surface area contributed by atoms with Crippen LogP contribution in [0.1, 0.15) is 4.88 Å². The average molecular weight is 461 g/mol. The minimum absolute atomic E-state index is 0.568. The van der Waals surface area contributed by atoms with Crippen molar-refractivity contribution in [3.8, 4) is 0 Å². The SMILES string of the molecule is FC(F)(F)CSc1ccccc1NCc1cc(Br)c(Br)s1. The number of rotatable bonds is 5. The van der Waals surface area contributed by atoms with Gasteiger partial charge in [0.15, 0.2) is 0 Å². The Morgan fingerprint density at radius 1 is 1.19 bits per heavy atom. The molecule has 0 radical (unpaired) electrons. The third-order valence-corrected chi connectivity index (χ3v) is 6.82. The summed E-state index contributed by atoms with van der Waals surface area (Å²) in [7, 11) is 0. The Balaban J connectivity index is 2.02. The van der Waals surface area contributed by atoms with Crippen molar-refractivity contribution in [2.45, 2.75) is 17.6 Å². The van der Waals surface area contributed by atoms with Crippen molar-refractivity contribution in [2.24, 2.45) is 0 Å². The van der Waals surface area contributed by atoms with Crippen LogP contribution in [-0.4, -0.2) is 11.9 Å². The molecule has 2 aromatic rings. The second-order valence-corrected chi connectivity index (χ2v) is 8.41. The van der Waals surface area contributed by atoms with Gasteiger partial charge in [0.1, 0.15) is 0 Å². The van der Waals surface area contributed by atoms with Crippen LogP contribution in [0.5, 0.6) is 0 Å². The molecule has 1 heterocycles. The van der Waals surface area contributed by atoms with Gasteiger partial charge in [0.25, 0.3) is 0 Å². The van der Waals surface area contributed by atoms with Gasteiger partial charge in [-0.3, -0.25) is 0 Å². The maximum absolute atomic E-state index is 12.3. The molecule has 0 aliphatic heterocycles. The highest BCUT2D eigenvalue weighted by Gasteiger charge is 2.27. The molecule has 2 rings (SSSR count). The van der Waals surface area contributed by atoms with Gasteiger partial charge in [-0.25, -0.2) is 0 Å². The summed E-state index contributed by atoms with van der Waals surface area (Å²) in [4.78, 5) is 1.69. The van der Waals surface area contributed by atoms with Gasteiger partial charge >= 0.3 is 6.18 Å². The van der Waals surface area contributed by atoms with Crippen LogP contribution < -0.4 is 5.32 Å². The van der Waals surface area contributed by atoms with Gasteiger partial charge in [-0.1, -0.05) is 12.1 Å². The minimum Gasteiger partial charge on any atom is -0.379 e. The molecule has 0 bridgehead atoms. The van der Waals surface area contributed by atoms with Crippen molar-refractivity contribution in [1.82, 2.24) is 0 Å². The molecule has 8 heteroatoms. The second kappa shape index (κ2) is 7.39. The van der Waals surface area contributed by atoms with Crippen LogP contribution >= 0.6 is 55.0 Å². The lowest BCUT2D eigenvalue weighted by atomic mass is 10.3. The van der Waals surface area contributed by atoms with E-state index in [9.17, 15) is 13.2 Å². The maximum atomic E-state index is 12.3. The highest BCUT2D eigenvalue weighted by atomic mass is 79.9. The number of alkyl halides is 3. The summed E-state index contributed by atoms with van der Waals surface area (Å²) in [5, 5.41) is 3.19. The molecule has 0 amide bonds. The highest BCUT2D eigenvalue weighted by Crippen LogP contribution is 2.35. The zero-order valence-electron chi connectivity index (χ0n) is 10.5. The third kappa shape index (κ3) is 5.50. The first kappa shape index (κ1) is 17.2. The number of halogens is 5. The minimum atomic E-state index is -4.17. The monoisotopic (exact) mass is 459 g/mol. The Labute approximate surface area is 145 Å². The molecule has 1 aromatic heterocycles. The van der Waals surface area contributed by atoms with E-state index in [1.807, 2.05) is 6.07 Å². The molecule has 21 heavy (non-hydrogen) atoms. The summed E-state index contributed by atoms with van der Waals surface area (Å²) in [6, 6.07) is 9.01. The van der Waals surface area contributed by atoms with Crippen LogP contribution in [0.25, 0.3) is 0 Å². The van der Waals surface area contributed by atoms with E-state index in [0.29, 0.717) is 17.1 Å². The molecule has 0 saturated carbocycles. The van der Waals surface area contributed by atoms with E-state index in [0.717, 1.165) is 24.9 Å². The first-order valence-corrected chi connectivity index (χ1v) is 9.20. The predicted molar refractivity (Wildman–Crippen MR) is 90.3 cm³/mol. The van der Waals surface area contributed by atoms with Crippen LogP contribution in [0.15, 0.2) is 43.5 Å². The molecule has 0 unspecified atom stereocenters. The van der Waals surface area contributed by atoms with E-state index in [4.69, 9.17) is 0 Å². The Morgan fingerprint density at radius 3 is 2.52 bits per heavy atom. The Kier molecular flexibility index (Phi) is 6.05. The highest BCUT2D eigenvalue weighted by molar-refractivity contribution is 9.13. The largest absolute Gasteiger partial charge is 0.398 e. The van der Waals surface area contributed by atoms with Crippen LogP contribution in [0.3, 0.4) is 0 Å². The van der Waals surface area contributed by atoms with Gasteiger partial charge in [0.2, 0.25) is 0 Å². The van der Waals surface area contributed by atoms with Crippen molar-refractivity contribution >= 4 is 60.6 Å². The van der Waals surface area contributed by atoms with Gasteiger partial charge in [-0.05, 0) is 50.1 Å². The fourth-order valence-electron chi connectivity index (χ4n) is 1.56. The van der Waals surface area contributed by atoms with Gasteiger partial charge in [0.05, 0.1) is 9.54 Å². The fraction of sp³-hybridized carbons (Fsp3) is 0.231. The zero-order chi connectivity index (χ0) is 15.5. The number of hydrogen-bond donors (Lipinski definition) is 1. The Morgan fingerprint density at radius 2 is 1.90 bits per heavy atom. The summed E-state index contributed by atoms with van der Waals surface area (Å²) < 4.78 is 38.9. The first-order valence-electron chi connectivity index (χ1n) is 5.81. The lowest BCUT2D eigenvalue weighted by Crippen LogP contribution is -2.11. The Hall–Kier alpha value is -0.180. The smallest absolute Gasteiger partial charge is 0.379 e. The van der Waals surface area contributed by atoms with Crippen LogP contribution in [0, 0.1) is 0 Å². The summed E-state index contributed by atoms with van der Waals surface area (Å²) >= 11 is 9.20.